The van der Waals surface area contributed by atoms with Crippen molar-refractivity contribution in [2.75, 3.05) is 0 Å². The summed E-state index contributed by atoms with van der Waals surface area (Å²) in [5.74, 6) is 0. The van der Waals surface area contributed by atoms with E-state index in [1.807, 2.05) is 6.08 Å². The van der Waals surface area contributed by atoms with Gasteiger partial charge in [-0.2, -0.15) is 0 Å². The number of hydrogen-bond acceptors (Lipinski definition) is 0. The Morgan fingerprint density at radius 1 is 1.00 bits per heavy atom. The van der Waals surface area contributed by atoms with E-state index < -0.39 is 0 Å². The maximum Gasteiger partial charge on any atom is 0.215 e. The summed E-state index contributed by atoms with van der Waals surface area (Å²) < 4.78 is 0. The fraction of sp³-hybridized carbons (Fsp3) is 0.778. The summed E-state index contributed by atoms with van der Waals surface area (Å²) in [5, 5.41) is 0. The summed E-state index contributed by atoms with van der Waals surface area (Å²) in [4.78, 5) is 0. The molecule has 0 spiro atoms. The number of unbranched alkanes of at least 4 members (excludes halogenated alkanes) is 5. The summed E-state index contributed by atoms with van der Waals surface area (Å²) in [7, 11) is 0. The molecule has 0 amide bonds. The molecule has 0 bridgehead atoms. The van der Waals surface area contributed by atoms with Crippen LogP contribution in [0, 0.1) is 0 Å². The zero-order chi connectivity index (χ0) is 9.23. The monoisotopic (exact) mass is 311 g/mol. The SMILES string of the molecule is C=CCCCCCCC[Si](Br)Br. The lowest BCUT2D eigenvalue weighted by Crippen LogP contribution is -1.89. The van der Waals surface area contributed by atoms with Gasteiger partial charge in [0.2, 0.25) is 6.04 Å². The summed E-state index contributed by atoms with van der Waals surface area (Å²) in [6.45, 7) is 3.71. The molecular weight excluding hydrogens is 296 g/mol. The van der Waals surface area contributed by atoms with E-state index in [-0.39, 0.29) is 6.04 Å². The molecule has 0 unspecified atom stereocenters. The maximum absolute atomic E-state index is 3.71. The molecule has 0 nitrogen and oxygen atoms in total. The van der Waals surface area contributed by atoms with E-state index in [1.165, 1.54) is 44.6 Å². The topological polar surface area (TPSA) is 0 Å². The van der Waals surface area contributed by atoms with E-state index >= 15 is 0 Å². The van der Waals surface area contributed by atoms with Gasteiger partial charge in [-0.05, 0) is 18.9 Å². The van der Waals surface area contributed by atoms with Gasteiger partial charge in [0.1, 0.15) is 0 Å². The maximum atomic E-state index is 3.71. The molecule has 0 aliphatic carbocycles. The molecule has 0 aromatic heterocycles. The first-order chi connectivity index (χ1) is 5.77. The van der Waals surface area contributed by atoms with Gasteiger partial charge in [-0.3, -0.25) is 0 Å². The van der Waals surface area contributed by atoms with Gasteiger partial charge in [-0.1, -0.05) is 31.8 Å². The zero-order valence-electron chi connectivity index (χ0n) is 7.49. The van der Waals surface area contributed by atoms with Crippen LogP contribution < -0.4 is 0 Å². The predicted molar refractivity (Wildman–Crippen MR) is 66.3 cm³/mol. The highest BCUT2D eigenvalue weighted by Crippen LogP contribution is 2.15. The van der Waals surface area contributed by atoms with Gasteiger partial charge in [-0.25, -0.2) is 0 Å². The Kier molecular flexibility index (Phi) is 10.8. The Balaban J connectivity index is 2.86. The number of hydrogen-bond donors (Lipinski definition) is 0. The standard InChI is InChI=1S/C9H17Br2Si/c1-2-3-4-5-6-7-8-9-12(10)11/h2H,1,3-9H2. The Bertz CT molecular complexity index is 105. The summed E-state index contributed by atoms with van der Waals surface area (Å²) in [6, 6.07) is 1.02. The van der Waals surface area contributed by atoms with Crippen LogP contribution in [0.3, 0.4) is 0 Å². The Labute approximate surface area is 93.6 Å². The van der Waals surface area contributed by atoms with E-state index in [4.69, 9.17) is 0 Å². The lowest BCUT2D eigenvalue weighted by atomic mass is 10.1. The Morgan fingerprint density at radius 3 is 2.17 bits per heavy atom. The minimum absolute atomic E-state index is 0.323. The number of rotatable bonds is 8. The van der Waals surface area contributed by atoms with Crippen molar-refractivity contribution in [2.24, 2.45) is 0 Å². The second kappa shape index (κ2) is 10.0. The molecule has 12 heavy (non-hydrogen) atoms. The highest BCUT2D eigenvalue weighted by molar-refractivity contribution is 9.49. The molecule has 0 aliphatic heterocycles. The van der Waals surface area contributed by atoms with Crippen LogP contribution in [-0.2, 0) is 0 Å². The number of allylic oxidation sites excluding steroid dienone is 1. The highest BCUT2D eigenvalue weighted by atomic mass is 79.9. The van der Waals surface area contributed by atoms with E-state index in [0.717, 1.165) is 0 Å². The molecule has 0 fully saturated rings. The smallest absolute Gasteiger partial charge is 0.112 e. The van der Waals surface area contributed by atoms with Gasteiger partial charge in [-0.15, -0.1) is 37.2 Å². The van der Waals surface area contributed by atoms with Crippen molar-refractivity contribution in [2.45, 2.75) is 44.6 Å². The minimum Gasteiger partial charge on any atom is -0.112 e. The van der Waals surface area contributed by atoms with Gasteiger partial charge in [0, 0.05) is 0 Å². The van der Waals surface area contributed by atoms with Crippen LogP contribution in [0.1, 0.15) is 38.5 Å². The Morgan fingerprint density at radius 2 is 1.58 bits per heavy atom. The van der Waals surface area contributed by atoms with Crippen LogP contribution in [0.4, 0.5) is 0 Å². The van der Waals surface area contributed by atoms with Crippen LogP contribution in [0.5, 0.6) is 0 Å². The molecular formula is C9H17Br2Si. The third kappa shape index (κ3) is 10.9. The first kappa shape index (κ1) is 12.9. The number of halogens is 2. The first-order valence-corrected chi connectivity index (χ1v) is 10.8. The molecule has 0 aliphatic rings. The molecule has 0 atom stereocenters. The van der Waals surface area contributed by atoms with Crippen molar-refractivity contribution in [3.05, 3.63) is 12.7 Å². The van der Waals surface area contributed by atoms with Crippen LogP contribution in [-0.4, -0.2) is 6.04 Å². The lowest BCUT2D eigenvalue weighted by molar-refractivity contribution is 0.637. The average molecular weight is 313 g/mol. The van der Waals surface area contributed by atoms with Crippen LogP contribution in [0.15, 0.2) is 12.7 Å². The van der Waals surface area contributed by atoms with E-state index in [2.05, 4.69) is 37.2 Å². The minimum atomic E-state index is -0.323. The third-order valence-corrected chi connectivity index (χ3v) is 4.88. The van der Waals surface area contributed by atoms with Gasteiger partial charge in [0.25, 0.3) is 0 Å². The molecule has 0 aromatic rings. The summed E-state index contributed by atoms with van der Waals surface area (Å²) >= 11 is 7.15. The largest absolute Gasteiger partial charge is 0.215 e. The molecule has 0 heterocycles. The second-order valence-electron chi connectivity index (χ2n) is 2.93. The zero-order valence-corrected chi connectivity index (χ0v) is 11.7. The van der Waals surface area contributed by atoms with E-state index in [0.29, 0.717) is 0 Å². The van der Waals surface area contributed by atoms with Crippen LogP contribution in [0.2, 0.25) is 6.04 Å². The molecule has 0 N–H and O–H groups in total. The van der Waals surface area contributed by atoms with Crippen LogP contribution >= 0.6 is 30.6 Å². The van der Waals surface area contributed by atoms with Crippen molar-refractivity contribution in [1.29, 1.82) is 0 Å². The van der Waals surface area contributed by atoms with Crippen LogP contribution in [0.25, 0.3) is 0 Å². The molecule has 3 heteroatoms. The summed E-state index contributed by atoms with van der Waals surface area (Å²) in [5.41, 5.74) is 0. The highest BCUT2D eigenvalue weighted by Gasteiger charge is 1.99. The molecule has 0 aromatic carbocycles. The fourth-order valence-corrected chi connectivity index (χ4v) is 3.28. The molecule has 0 rings (SSSR count). The average Bonchev–Trinajstić information content (AvgIpc) is 2.02. The van der Waals surface area contributed by atoms with Gasteiger partial charge >= 0.3 is 0 Å². The fourth-order valence-electron chi connectivity index (χ4n) is 1.08. The third-order valence-electron chi connectivity index (χ3n) is 1.77. The Hall–Kier alpha value is 0.917. The second-order valence-corrected chi connectivity index (χ2v) is 13.0. The van der Waals surface area contributed by atoms with Gasteiger partial charge < -0.3 is 0 Å². The predicted octanol–water partition coefficient (Wildman–Crippen LogP) is 4.79. The quantitative estimate of drug-likeness (QED) is 0.261. The summed E-state index contributed by atoms with van der Waals surface area (Å²) in [6.07, 6.45) is 10.1. The molecule has 71 valence electrons. The van der Waals surface area contributed by atoms with Crippen molar-refractivity contribution in [1.82, 2.24) is 0 Å². The normalized spacial score (nSPS) is 10.6. The van der Waals surface area contributed by atoms with Crippen molar-refractivity contribution in [3.8, 4) is 0 Å². The molecule has 0 saturated heterocycles. The van der Waals surface area contributed by atoms with Crippen molar-refractivity contribution in [3.63, 3.8) is 0 Å². The molecule has 0 saturated carbocycles. The van der Waals surface area contributed by atoms with E-state index in [9.17, 15) is 0 Å². The first-order valence-electron chi connectivity index (χ1n) is 4.55. The van der Waals surface area contributed by atoms with Crippen molar-refractivity contribution >= 4 is 36.6 Å². The van der Waals surface area contributed by atoms with Crippen molar-refractivity contribution < 1.29 is 0 Å². The van der Waals surface area contributed by atoms with Gasteiger partial charge in [0.15, 0.2) is 0 Å². The van der Waals surface area contributed by atoms with Gasteiger partial charge in [0.05, 0.1) is 0 Å². The molecule has 1 radical (unpaired) electrons. The van der Waals surface area contributed by atoms with E-state index in [1.54, 1.807) is 0 Å². The lowest BCUT2D eigenvalue weighted by Gasteiger charge is -1.99.